The van der Waals surface area contributed by atoms with E-state index in [-0.39, 0.29) is 5.97 Å². The van der Waals surface area contributed by atoms with Crippen LogP contribution in [0.25, 0.3) is 0 Å². The number of carbonyl (C=O) groups excluding carboxylic acids is 1. The molecule has 3 heteroatoms. The van der Waals surface area contributed by atoms with Gasteiger partial charge in [0.1, 0.15) is 0 Å². The standard InChI is InChI=1S/C19H31NO2/c1-6-22-17(21)19(12-20,10-13(2)3)11-14-7-8-15-9-16(14)18(15,4)5/h13-16H,6-11H2,1-5H3/t14-,15-,16-,19?/m0/s1. The molecule has 4 atom stereocenters. The predicted molar refractivity (Wildman–Crippen MR) is 86.9 cm³/mol. The number of fused-ring (bicyclic) bond motifs is 2. The van der Waals surface area contributed by atoms with E-state index in [9.17, 15) is 10.1 Å². The summed E-state index contributed by atoms with van der Waals surface area (Å²) < 4.78 is 5.28. The maximum absolute atomic E-state index is 12.5. The van der Waals surface area contributed by atoms with Gasteiger partial charge in [0, 0.05) is 0 Å². The van der Waals surface area contributed by atoms with E-state index >= 15 is 0 Å². The van der Waals surface area contributed by atoms with Crippen molar-refractivity contribution in [3.05, 3.63) is 0 Å². The van der Waals surface area contributed by atoms with Gasteiger partial charge in [-0.2, -0.15) is 5.26 Å². The fourth-order valence-corrected chi connectivity index (χ4v) is 5.01. The zero-order valence-corrected chi connectivity index (χ0v) is 14.8. The molecule has 0 aromatic rings. The summed E-state index contributed by atoms with van der Waals surface area (Å²) in [4.78, 5) is 12.5. The van der Waals surface area contributed by atoms with Gasteiger partial charge in [-0.3, -0.25) is 4.79 Å². The number of hydrogen-bond donors (Lipinski definition) is 0. The van der Waals surface area contributed by atoms with E-state index in [0.29, 0.717) is 42.6 Å². The van der Waals surface area contributed by atoms with Crippen molar-refractivity contribution in [1.82, 2.24) is 0 Å². The van der Waals surface area contributed by atoms with Crippen molar-refractivity contribution in [2.75, 3.05) is 6.61 Å². The van der Waals surface area contributed by atoms with Crippen LogP contribution in [0.2, 0.25) is 0 Å². The van der Waals surface area contributed by atoms with Crippen molar-refractivity contribution in [3.63, 3.8) is 0 Å². The first kappa shape index (κ1) is 17.3. The minimum absolute atomic E-state index is 0.301. The summed E-state index contributed by atoms with van der Waals surface area (Å²) in [6.07, 6.45) is 4.99. The molecule has 3 saturated carbocycles. The molecule has 3 fully saturated rings. The molecule has 3 rings (SSSR count). The zero-order valence-electron chi connectivity index (χ0n) is 14.8. The number of esters is 1. The Hall–Kier alpha value is -1.04. The highest BCUT2D eigenvalue weighted by Crippen LogP contribution is 2.63. The smallest absolute Gasteiger partial charge is 0.326 e. The molecule has 0 saturated heterocycles. The Morgan fingerprint density at radius 1 is 1.41 bits per heavy atom. The Bertz CT molecular complexity index is 461. The summed E-state index contributed by atoms with van der Waals surface area (Å²) in [6, 6.07) is 2.37. The number of carbonyl (C=O) groups is 1. The third-order valence-electron chi connectivity index (χ3n) is 6.25. The van der Waals surface area contributed by atoms with Gasteiger partial charge in [0.05, 0.1) is 12.7 Å². The average molecular weight is 305 g/mol. The first-order valence-electron chi connectivity index (χ1n) is 8.85. The van der Waals surface area contributed by atoms with E-state index in [1.54, 1.807) is 0 Å². The molecular weight excluding hydrogens is 274 g/mol. The molecule has 3 aliphatic carbocycles. The number of hydrogen-bond acceptors (Lipinski definition) is 3. The number of nitriles is 1. The van der Waals surface area contributed by atoms with Gasteiger partial charge < -0.3 is 4.74 Å². The van der Waals surface area contributed by atoms with E-state index in [1.165, 1.54) is 19.3 Å². The molecule has 0 N–H and O–H groups in total. The Morgan fingerprint density at radius 2 is 2.09 bits per heavy atom. The van der Waals surface area contributed by atoms with Crippen LogP contribution in [0.1, 0.15) is 66.7 Å². The summed E-state index contributed by atoms with van der Waals surface area (Å²) >= 11 is 0. The van der Waals surface area contributed by atoms with Crippen molar-refractivity contribution in [2.24, 2.45) is 34.5 Å². The lowest BCUT2D eigenvalue weighted by molar-refractivity contribution is -0.158. The Balaban J connectivity index is 2.19. The lowest BCUT2D eigenvalue weighted by Gasteiger charge is -2.61. The Kier molecular flexibility index (Phi) is 4.90. The quantitative estimate of drug-likeness (QED) is 0.675. The largest absolute Gasteiger partial charge is 0.465 e. The Labute approximate surface area is 135 Å². The van der Waals surface area contributed by atoms with Gasteiger partial charge >= 0.3 is 5.97 Å². The molecule has 0 aliphatic heterocycles. The third kappa shape index (κ3) is 2.90. The predicted octanol–water partition coefficient (Wildman–Crippen LogP) is 4.57. The first-order chi connectivity index (χ1) is 10.3. The van der Waals surface area contributed by atoms with Crippen molar-refractivity contribution < 1.29 is 9.53 Å². The minimum atomic E-state index is -0.951. The number of rotatable bonds is 6. The summed E-state index contributed by atoms with van der Waals surface area (Å²) in [5.74, 6) is 2.02. The van der Waals surface area contributed by atoms with Gasteiger partial charge in [-0.15, -0.1) is 0 Å². The van der Waals surface area contributed by atoms with Gasteiger partial charge in [0.15, 0.2) is 5.41 Å². The van der Waals surface area contributed by atoms with E-state index in [1.807, 2.05) is 6.92 Å². The molecule has 22 heavy (non-hydrogen) atoms. The molecule has 124 valence electrons. The molecule has 0 amide bonds. The van der Waals surface area contributed by atoms with E-state index in [0.717, 1.165) is 5.92 Å². The molecule has 3 aliphatic rings. The second-order valence-electron chi connectivity index (χ2n) is 8.41. The fourth-order valence-electron chi connectivity index (χ4n) is 5.01. The van der Waals surface area contributed by atoms with Crippen molar-refractivity contribution >= 4 is 5.97 Å². The third-order valence-corrected chi connectivity index (χ3v) is 6.25. The van der Waals surface area contributed by atoms with Crippen LogP contribution in [0, 0.1) is 45.8 Å². The van der Waals surface area contributed by atoms with Crippen molar-refractivity contribution in [2.45, 2.75) is 66.7 Å². The molecule has 0 spiro atoms. The second-order valence-corrected chi connectivity index (χ2v) is 8.41. The van der Waals surface area contributed by atoms with Crippen LogP contribution in [0.15, 0.2) is 0 Å². The topological polar surface area (TPSA) is 50.1 Å². The maximum atomic E-state index is 12.5. The van der Waals surface area contributed by atoms with Crippen LogP contribution in [0.5, 0.6) is 0 Å². The van der Waals surface area contributed by atoms with E-state index < -0.39 is 5.41 Å². The molecule has 0 heterocycles. The first-order valence-corrected chi connectivity index (χ1v) is 8.85. The highest BCUT2D eigenvalue weighted by atomic mass is 16.5. The molecule has 2 bridgehead atoms. The number of nitrogens with zero attached hydrogens (tertiary/aromatic N) is 1. The summed E-state index contributed by atoms with van der Waals surface area (Å²) in [5, 5.41) is 9.83. The maximum Gasteiger partial charge on any atom is 0.326 e. The van der Waals surface area contributed by atoms with Crippen molar-refractivity contribution in [3.8, 4) is 6.07 Å². The van der Waals surface area contributed by atoms with Crippen LogP contribution in [-0.4, -0.2) is 12.6 Å². The molecule has 0 radical (unpaired) electrons. The highest BCUT2D eigenvalue weighted by Gasteiger charge is 2.56. The van der Waals surface area contributed by atoms with Crippen LogP contribution >= 0.6 is 0 Å². The minimum Gasteiger partial charge on any atom is -0.465 e. The lowest BCUT2D eigenvalue weighted by atomic mass is 9.44. The lowest BCUT2D eigenvalue weighted by Crippen LogP contribution is -2.53. The number of ether oxygens (including phenoxy) is 1. The normalized spacial score (nSPS) is 31.8. The van der Waals surface area contributed by atoms with Gasteiger partial charge in [0.2, 0.25) is 0 Å². The van der Waals surface area contributed by atoms with Crippen LogP contribution < -0.4 is 0 Å². The second kappa shape index (κ2) is 6.22. The summed E-state index contributed by atoms with van der Waals surface area (Å²) in [7, 11) is 0. The molecule has 1 unspecified atom stereocenters. The molecule has 0 aromatic heterocycles. The SMILES string of the molecule is CCOC(=O)C(C#N)(CC(C)C)C[C@@H]1CC[C@H]2C[C@@H]1C2(C)C. The molecular formula is C19H31NO2. The monoisotopic (exact) mass is 305 g/mol. The van der Waals surface area contributed by atoms with E-state index in [4.69, 9.17) is 4.74 Å². The van der Waals surface area contributed by atoms with Gasteiger partial charge in [-0.05, 0) is 68.1 Å². The summed E-state index contributed by atoms with van der Waals surface area (Å²) in [6.45, 7) is 11.0. The van der Waals surface area contributed by atoms with Crippen LogP contribution in [0.4, 0.5) is 0 Å². The van der Waals surface area contributed by atoms with Gasteiger partial charge in [0.25, 0.3) is 0 Å². The van der Waals surface area contributed by atoms with E-state index in [2.05, 4.69) is 33.8 Å². The molecule has 3 nitrogen and oxygen atoms in total. The van der Waals surface area contributed by atoms with Gasteiger partial charge in [-0.1, -0.05) is 27.7 Å². The summed E-state index contributed by atoms with van der Waals surface area (Å²) in [5.41, 5.74) is -0.566. The van der Waals surface area contributed by atoms with Crippen molar-refractivity contribution in [1.29, 1.82) is 5.26 Å². The Morgan fingerprint density at radius 3 is 2.55 bits per heavy atom. The molecule has 0 aromatic carbocycles. The average Bonchev–Trinajstić information content (AvgIpc) is 2.46. The zero-order chi connectivity index (χ0) is 16.5. The van der Waals surface area contributed by atoms with Gasteiger partial charge in [-0.25, -0.2) is 0 Å². The highest BCUT2D eigenvalue weighted by molar-refractivity contribution is 5.80. The fraction of sp³-hybridized carbons (Fsp3) is 0.895. The van der Waals surface area contributed by atoms with Crippen LogP contribution in [0.3, 0.4) is 0 Å². The van der Waals surface area contributed by atoms with Crippen LogP contribution in [-0.2, 0) is 9.53 Å².